The molecule has 0 atom stereocenters. The van der Waals surface area contributed by atoms with Crippen LogP contribution in [0.5, 0.6) is 5.75 Å². The van der Waals surface area contributed by atoms with Gasteiger partial charge < -0.3 is 19.6 Å². The van der Waals surface area contributed by atoms with Crippen LogP contribution in [0.15, 0.2) is 17.1 Å². The van der Waals surface area contributed by atoms with E-state index in [4.69, 9.17) is 4.74 Å². The maximum absolute atomic E-state index is 15.3. The second kappa shape index (κ2) is 7.16. The normalized spacial score (nSPS) is 20.1. The monoisotopic (exact) mass is 416 g/mol. The van der Waals surface area contributed by atoms with E-state index in [2.05, 4.69) is 4.90 Å². The van der Waals surface area contributed by atoms with Crippen LogP contribution in [0.3, 0.4) is 0 Å². The zero-order chi connectivity index (χ0) is 21.0. The molecule has 3 aliphatic heterocycles. The van der Waals surface area contributed by atoms with Gasteiger partial charge in [-0.05, 0) is 44.8 Å². The zero-order valence-electron chi connectivity index (χ0n) is 16.9. The Kier molecular flexibility index (Phi) is 4.57. The smallest absolute Gasteiger partial charge is 0.341 e. The van der Waals surface area contributed by atoms with Gasteiger partial charge in [0.15, 0.2) is 18.3 Å². The Balaban J connectivity index is 1.58. The second-order valence-electron chi connectivity index (χ2n) is 8.35. The summed E-state index contributed by atoms with van der Waals surface area (Å²) in [6.07, 6.45) is 5.71. The molecule has 1 N–H and O–H groups in total. The van der Waals surface area contributed by atoms with E-state index in [9.17, 15) is 14.7 Å². The number of nitrogens with zero attached hydrogens (tertiary/aromatic N) is 4. The summed E-state index contributed by atoms with van der Waals surface area (Å²) < 4.78 is 22.7. The number of hydrogen-bond donors (Lipinski definition) is 1. The van der Waals surface area contributed by atoms with Gasteiger partial charge in [-0.15, -0.1) is 0 Å². The average molecular weight is 416 g/mol. The number of carbonyl (C=O) groups is 1. The van der Waals surface area contributed by atoms with Gasteiger partial charge in [0, 0.05) is 32.4 Å². The number of aromatic nitrogens is 1. The van der Waals surface area contributed by atoms with E-state index < -0.39 is 17.2 Å². The summed E-state index contributed by atoms with van der Waals surface area (Å²) in [6.45, 7) is 3.85. The molecule has 9 heteroatoms. The molecule has 1 aromatic carbocycles. The highest BCUT2D eigenvalue weighted by Gasteiger charge is 2.32. The molecule has 2 fully saturated rings. The number of hydrogen-bond acceptors (Lipinski definition) is 6. The lowest BCUT2D eigenvalue weighted by molar-refractivity contribution is 0.0694. The Hall–Kier alpha value is -2.81. The van der Waals surface area contributed by atoms with Crippen molar-refractivity contribution in [1.82, 2.24) is 9.58 Å². The molecule has 30 heavy (non-hydrogen) atoms. The molecule has 1 aromatic heterocycles. The van der Waals surface area contributed by atoms with E-state index in [0.29, 0.717) is 36.1 Å². The molecular formula is C21H25FN4O4. The molecule has 0 radical (unpaired) electrons. The topological polar surface area (TPSA) is 78.2 Å². The third-order valence-corrected chi connectivity index (χ3v) is 6.58. The van der Waals surface area contributed by atoms with Crippen molar-refractivity contribution < 1.29 is 19.0 Å². The first-order valence-corrected chi connectivity index (χ1v) is 10.4. The van der Waals surface area contributed by atoms with Crippen LogP contribution < -0.4 is 20.1 Å². The molecule has 3 aliphatic rings. The van der Waals surface area contributed by atoms with Crippen molar-refractivity contribution in [2.45, 2.75) is 31.7 Å². The lowest BCUT2D eigenvalue weighted by Crippen LogP contribution is -2.45. The van der Waals surface area contributed by atoms with E-state index >= 15 is 4.39 Å². The molecular weight excluding hydrogens is 391 g/mol. The quantitative estimate of drug-likeness (QED) is 0.818. The van der Waals surface area contributed by atoms with Crippen molar-refractivity contribution in [3.8, 4) is 5.75 Å². The Morgan fingerprint density at radius 1 is 1.20 bits per heavy atom. The van der Waals surface area contributed by atoms with Gasteiger partial charge in [-0.1, -0.05) is 0 Å². The van der Waals surface area contributed by atoms with Crippen LogP contribution >= 0.6 is 0 Å². The number of rotatable bonds is 3. The summed E-state index contributed by atoms with van der Waals surface area (Å²) in [5.74, 6) is -1.56. The Morgan fingerprint density at radius 2 is 1.90 bits per heavy atom. The maximum atomic E-state index is 15.3. The summed E-state index contributed by atoms with van der Waals surface area (Å²) in [4.78, 5) is 28.7. The molecule has 0 unspecified atom stereocenters. The SMILES string of the molecule is CN1COc2c(N3CCC(N4CCCC4)CC3)c(F)cc3c(=O)c(C(=O)O)cn1c23. The summed E-state index contributed by atoms with van der Waals surface area (Å²) in [7, 11) is 1.73. The zero-order valence-corrected chi connectivity index (χ0v) is 16.9. The van der Waals surface area contributed by atoms with E-state index in [1.165, 1.54) is 19.0 Å². The van der Waals surface area contributed by atoms with Crippen molar-refractivity contribution in [2.75, 3.05) is 49.9 Å². The molecule has 2 saturated heterocycles. The van der Waals surface area contributed by atoms with Gasteiger partial charge in [-0.25, -0.2) is 9.18 Å². The predicted molar refractivity (Wildman–Crippen MR) is 111 cm³/mol. The molecule has 0 bridgehead atoms. The van der Waals surface area contributed by atoms with Crippen LogP contribution in [-0.2, 0) is 0 Å². The fourth-order valence-electron chi connectivity index (χ4n) is 5.03. The highest BCUT2D eigenvalue weighted by Crippen LogP contribution is 2.41. The van der Waals surface area contributed by atoms with Gasteiger partial charge in [-0.3, -0.25) is 14.5 Å². The van der Waals surface area contributed by atoms with Crippen LogP contribution in [-0.4, -0.2) is 66.7 Å². The molecule has 0 aliphatic carbocycles. The van der Waals surface area contributed by atoms with Crippen LogP contribution in [0.4, 0.5) is 10.1 Å². The van der Waals surface area contributed by atoms with E-state index in [0.717, 1.165) is 32.0 Å². The minimum atomic E-state index is -1.33. The van der Waals surface area contributed by atoms with Crippen LogP contribution in [0.25, 0.3) is 10.9 Å². The van der Waals surface area contributed by atoms with Crippen LogP contribution in [0, 0.1) is 5.82 Å². The van der Waals surface area contributed by atoms with E-state index in [1.807, 2.05) is 4.90 Å². The molecule has 5 rings (SSSR count). The van der Waals surface area contributed by atoms with Crippen molar-refractivity contribution in [2.24, 2.45) is 0 Å². The summed E-state index contributed by atoms with van der Waals surface area (Å²) in [5, 5.41) is 11.1. The van der Waals surface area contributed by atoms with Crippen LogP contribution in [0.1, 0.15) is 36.0 Å². The minimum absolute atomic E-state index is 0.0182. The van der Waals surface area contributed by atoms with Crippen molar-refractivity contribution >= 4 is 22.6 Å². The standard InChI is InChI=1S/C21H25FN4O4/c1-23-12-30-20-17-14(19(27)15(21(28)29)11-26(17)23)10-16(22)18(20)25-8-4-13(5-9-25)24-6-2-3-7-24/h10-11,13H,2-9,12H2,1H3,(H,28,29). The lowest BCUT2D eigenvalue weighted by atomic mass is 10.0. The van der Waals surface area contributed by atoms with Gasteiger partial charge >= 0.3 is 5.97 Å². The molecule has 2 aromatic rings. The number of benzene rings is 1. The summed E-state index contributed by atoms with van der Waals surface area (Å²) >= 11 is 0. The first-order chi connectivity index (χ1) is 14.5. The van der Waals surface area contributed by atoms with Gasteiger partial charge in [0.05, 0.1) is 5.39 Å². The first-order valence-electron chi connectivity index (χ1n) is 10.4. The average Bonchev–Trinajstić information content (AvgIpc) is 3.27. The minimum Gasteiger partial charge on any atom is -0.477 e. The Labute approximate surface area is 173 Å². The number of piperidine rings is 1. The first kappa shape index (κ1) is 19.2. The third kappa shape index (κ3) is 2.91. The number of aromatic carboxylic acids is 1. The third-order valence-electron chi connectivity index (χ3n) is 6.58. The Morgan fingerprint density at radius 3 is 2.57 bits per heavy atom. The summed E-state index contributed by atoms with van der Waals surface area (Å²) in [6, 6.07) is 1.70. The number of anilines is 1. The fraction of sp³-hybridized carbons (Fsp3) is 0.524. The van der Waals surface area contributed by atoms with Gasteiger partial charge in [0.25, 0.3) is 0 Å². The number of ether oxygens (including phenoxy) is 1. The highest BCUT2D eigenvalue weighted by atomic mass is 19.1. The van der Waals surface area contributed by atoms with Gasteiger partial charge in [0.2, 0.25) is 5.43 Å². The van der Waals surface area contributed by atoms with Crippen LogP contribution in [0.2, 0.25) is 0 Å². The largest absolute Gasteiger partial charge is 0.477 e. The van der Waals surface area contributed by atoms with Crippen molar-refractivity contribution in [3.05, 3.63) is 33.9 Å². The number of likely N-dealkylation sites (tertiary alicyclic amines) is 1. The maximum Gasteiger partial charge on any atom is 0.341 e. The van der Waals surface area contributed by atoms with E-state index in [-0.39, 0.29) is 17.7 Å². The Bertz CT molecular complexity index is 1070. The molecule has 8 nitrogen and oxygen atoms in total. The number of pyridine rings is 1. The predicted octanol–water partition coefficient (Wildman–Crippen LogP) is 1.82. The second-order valence-corrected chi connectivity index (χ2v) is 8.35. The fourth-order valence-corrected chi connectivity index (χ4v) is 5.03. The number of carboxylic acid groups (broad SMARTS) is 1. The van der Waals surface area contributed by atoms with Gasteiger partial charge in [-0.2, -0.15) is 0 Å². The molecule has 0 saturated carbocycles. The van der Waals surface area contributed by atoms with Gasteiger partial charge in [0.1, 0.15) is 16.8 Å². The molecule has 4 heterocycles. The molecule has 0 spiro atoms. The lowest BCUT2D eigenvalue weighted by Gasteiger charge is -2.39. The van der Waals surface area contributed by atoms with Crippen molar-refractivity contribution in [3.63, 3.8) is 0 Å². The highest BCUT2D eigenvalue weighted by molar-refractivity contribution is 5.97. The molecule has 160 valence electrons. The summed E-state index contributed by atoms with van der Waals surface area (Å²) in [5.41, 5.74) is -0.309. The van der Waals surface area contributed by atoms with Crippen molar-refractivity contribution in [1.29, 1.82) is 0 Å². The number of carboxylic acids is 1. The van der Waals surface area contributed by atoms with E-state index in [1.54, 1.807) is 16.7 Å². The molecule has 0 amide bonds. The number of halogens is 1.